The first-order valence-electron chi connectivity index (χ1n) is 3.78. The Kier molecular flexibility index (Phi) is 2.17. The van der Waals surface area contributed by atoms with Crippen molar-refractivity contribution in [2.45, 2.75) is 19.8 Å². The minimum absolute atomic E-state index is 0.160. The lowest BCUT2D eigenvalue weighted by atomic mass is 10.1. The molecule has 1 aromatic rings. The summed E-state index contributed by atoms with van der Waals surface area (Å²) in [6, 6.07) is 0. The Labute approximate surface area is 70.9 Å². The van der Waals surface area contributed by atoms with Gasteiger partial charge in [-0.15, -0.1) is 0 Å². The first kappa shape index (κ1) is 8.77. The van der Waals surface area contributed by atoms with E-state index in [0.29, 0.717) is 0 Å². The zero-order chi connectivity index (χ0) is 9.30. The molecule has 0 aliphatic carbocycles. The van der Waals surface area contributed by atoms with Gasteiger partial charge in [-0.3, -0.25) is 0 Å². The molecular formula is C8H12N2O2. The lowest BCUT2D eigenvalue weighted by molar-refractivity contribution is 0.0689. The van der Waals surface area contributed by atoms with Crippen LogP contribution in [-0.2, 0) is 7.05 Å². The van der Waals surface area contributed by atoms with Crippen LogP contribution >= 0.6 is 0 Å². The van der Waals surface area contributed by atoms with Crippen LogP contribution < -0.4 is 0 Å². The van der Waals surface area contributed by atoms with Gasteiger partial charge in [0.15, 0.2) is 5.69 Å². The summed E-state index contributed by atoms with van der Waals surface area (Å²) >= 11 is 0. The number of rotatable bonds is 2. The van der Waals surface area contributed by atoms with Crippen LogP contribution in [0.1, 0.15) is 35.9 Å². The maximum atomic E-state index is 10.7. The fourth-order valence-electron chi connectivity index (χ4n) is 1.29. The fraction of sp³-hybridized carbons (Fsp3) is 0.500. The number of hydrogen-bond acceptors (Lipinski definition) is 2. The highest BCUT2D eigenvalue weighted by atomic mass is 16.4. The van der Waals surface area contributed by atoms with Crippen LogP contribution in [0.2, 0.25) is 0 Å². The van der Waals surface area contributed by atoms with Gasteiger partial charge in [0.25, 0.3) is 0 Å². The number of carboxylic acid groups (broad SMARTS) is 1. The minimum Gasteiger partial charge on any atom is -0.476 e. The Morgan fingerprint density at radius 3 is 2.58 bits per heavy atom. The number of aromatic nitrogens is 2. The second kappa shape index (κ2) is 2.97. The van der Waals surface area contributed by atoms with E-state index in [1.165, 1.54) is 6.33 Å². The van der Waals surface area contributed by atoms with Gasteiger partial charge in [-0.05, 0) is 5.92 Å². The molecule has 4 heteroatoms. The zero-order valence-electron chi connectivity index (χ0n) is 7.40. The smallest absolute Gasteiger partial charge is 0.356 e. The number of aryl methyl sites for hydroxylation is 1. The van der Waals surface area contributed by atoms with E-state index < -0.39 is 5.97 Å². The molecule has 4 nitrogen and oxygen atoms in total. The number of aromatic carboxylic acids is 1. The van der Waals surface area contributed by atoms with Crippen LogP contribution in [0.25, 0.3) is 0 Å². The van der Waals surface area contributed by atoms with Crippen molar-refractivity contribution in [3.63, 3.8) is 0 Å². The Hall–Kier alpha value is -1.32. The summed E-state index contributed by atoms with van der Waals surface area (Å²) in [5.74, 6) is -0.775. The van der Waals surface area contributed by atoms with Crippen molar-refractivity contribution < 1.29 is 9.90 Å². The monoisotopic (exact) mass is 168 g/mol. The largest absolute Gasteiger partial charge is 0.476 e. The normalized spacial score (nSPS) is 10.7. The van der Waals surface area contributed by atoms with E-state index >= 15 is 0 Å². The lowest BCUT2D eigenvalue weighted by Gasteiger charge is -2.06. The SMILES string of the molecule is CC(C)c1c(C(=O)O)ncn1C. The van der Waals surface area contributed by atoms with Gasteiger partial charge in [-0.25, -0.2) is 9.78 Å². The fourth-order valence-corrected chi connectivity index (χ4v) is 1.29. The van der Waals surface area contributed by atoms with E-state index in [9.17, 15) is 4.79 Å². The highest BCUT2D eigenvalue weighted by Gasteiger charge is 2.17. The molecule has 0 fully saturated rings. The van der Waals surface area contributed by atoms with Crippen LogP contribution in [0, 0.1) is 0 Å². The van der Waals surface area contributed by atoms with E-state index in [1.807, 2.05) is 13.8 Å². The highest BCUT2D eigenvalue weighted by Crippen LogP contribution is 2.17. The quantitative estimate of drug-likeness (QED) is 0.722. The van der Waals surface area contributed by atoms with E-state index in [4.69, 9.17) is 5.11 Å². The molecule has 0 saturated heterocycles. The second-order valence-corrected chi connectivity index (χ2v) is 3.05. The minimum atomic E-state index is -0.959. The Bertz CT molecular complexity index is 302. The molecule has 0 aliphatic rings. The molecule has 1 N–H and O–H groups in total. The molecular weight excluding hydrogens is 156 g/mol. The van der Waals surface area contributed by atoms with E-state index in [0.717, 1.165) is 5.69 Å². The Morgan fingerprint density at radius 1 is 1.67 bits per heavy atom. The maximum Gasteiger partial charge on any atom is 0.356 e. The van der Waals surface area contributed by atoms with E-state index in [2.05, 4.69) is 4.98 Å². The molecule has 0 aliphatic heterocycles. The topological polar surface area (TPSA) is 55.1 Å². The van der Waals surface area contributed by atoms with Crippen molar-refractivity contribution in [2.75, 3.05) is 0 Å². The van der Waals surface area contributed by atoms with Gasteiger partial charge in [-0.2, -0.15) is 0 Å². The van der Waals surface area contributed by atoms with Crippen LogP contribution in [0.5, 0.6) is 0 Å². The van der Waals surface area contributed by atoms with E-state index in [-0.39, 0.29) is 11.6 Å². The number of hydrogen-bond donors (Lipinski definition) is 1. The molecule has 12 heavy (non-hydrogen) atoms. The van der Waals surface area contributed by atoms with Crippen LogP contribution in [0.4, 0.5) is 0 Å². The van der Waals surface area contributed by atoms with Gasteiger partial charge in [0.05, 0.1) is 12.0 Å². The first-order chi connectivity index (χ1) is 5.54. The number of carbonyl (C=O) groups is 1. The Morgan fingerprint density at radius 2 is 2.25 bits per heavy atom. The van der Waals surface area contributed by atoms with Crippen molar-refractivity contribution in [3.05, 3.63) is 17.7 Å². The second-order valence-electron chi connectivity index (χ2n) is 3.05. The third kappa shape index (κ3) is 1.32. The van der Waals surface area contributed by atoms with Crippen LogP contribution in [-0.4, -0.2) is 20.6 Å². The first-order valence-corrected chi connectivity index (χ1v) is 3.78. The maximum absolute atomic E-state index is 10.7. The summed E-state index contributed by atoms with van der Waals surface area (Å²) in [5.41, 5.74) is 0.926. The molecule has 0 amide bonds. The van der Waals surface area contributed by atoms with Gasteiger partial charge in [0.1, 0.15) is 0 Å². The molecule has 0 spiro atoms. The molecule has 0 radical (unpaired) electrons. The molecule has 0 atom stereocenters. The van der Waals surface area contributed by atoms with Gasteiger partial charge >= 0.3 is 5.97 Å². The molecule has 0 saturated carbocycles. The molecule has 0 unspecified atom stereocenters. The average Bonchev–Trinajstić information content (AvgIpc) is 2.30. The summed E-state index contributed by atoms with van der Waals surface area (Å²) < 4.78 is 1.74. The molecule has 1 rings (SSSR count). The van der Waals surface area contributed by atoms with Gasteiger partial charge in [-0.1, -0.05) is 13.8 Å². The van der Waals surface area contributed by atoms with Gasteiger partial charge < -0.3 is 9.67 Å². The summed E-state index contributed by atoms with van der Waals surface area (Å²) in [4.78, 5) is 14.5. The standard InChI is InChI=1S/C8H12N2O2/c1-5(2)7-6(8(11)12)9-4-10(7)3/h4-5H,1-3H3,(H,11,12). The third-order valence-electron chi connectivity index (χ3n) is 1.73. The van der Waals surface area contributed by atoms with Gasteiger partial charge in [0.2, 0.25) is 0 Å². The zero-order valence-corrected chi connectivity index (χ0v) is 7.40. The number of nitrogens with zero attached hydrogens (tertiary/aromatic N) is 2. The molecule has 0 aromatic carbocycles. The van der Waals surface area contributed by atoms with Gasteiger partial charge in [0, 0.05) is 7.05 Å². The third-order valence-corrected chi connectivity index (χ3v) is 1.73. The summed E-state index contributed by atoms with van der Waals surface area (Å²) in [7, 11) is 1.80. The molecule has 0 bridgehead atoms. The summed E-state index contributed by atoms with van der Waals surface area (Å²) in [6.45, 7) is 3.90. The van der Waals surface area contributed by atoms with Crippen molar-refractivity contribution in [1.82, 2.24) is 9.55 Å². The average molecular weight is 168 g/mol. The summed E-state index contributed by atoms with van der Waals surface area (Å²) in [5, 5.41) is 8.75. The molecule has 1 heterocycles. The van der Waals surface area contributed by atoms with Crippen molar-refractivity contribution in [1.29, 1.82) is 0 Å². The predicted octanol–water partition coefficient (Wildman–Crippen LogP) is 1.24. The predicted molar refractivity (Wildman–Crippen MR) is 44.3 cm³/mol. The van der Waals surface area contributed by atoms with Crippen molar-refractivity contribution in [2.24, 2.45) is 7.05 Å². The summed E-state index contributed by atoms with van der Waals surface area (Å²) in [6.07, 6.45) is 1.53. The molecule has 66 valence electrons. The highest BCUT2D eigenvalue weighted by molar-refractivity contribution is 5.86. The Balaban J connectivity index is 3.21. The van der Waals surface area contributed by atoms with Crippen molar-refractivity contribution in [3.8, 4) is 0 Å². The lowest BCUT2D eigenvalue weighted by Crippen LogP contribution is -2.06. The van der Waals surface area contributed by atoms with Crippen LogP contribution in [0.15, 0.2) is 6.33 Å². The molecule has 1 aromatic heterocycles. The number of carboxylic acids is 1. The van der Waals surface area contributed by atoms with Crippen LogP contribution in [0.3, 0.4) is 0 Å². The van der Waals surface area contributed by atoms with Crippen molar-refractivity contribution >= 4 is 5.97 Å². The number of imidazole rings is 1. The van der Waals surface area contributed by atoms with E-state index in [1.54, 1.807) is 11.6 Å².